The van der Waals surface area contributed by atoms with Crippen LogP contribution in [0.25, 0.3) is 0 Å². The van der Waals surface area contributed by atoms with Crippen molar-refractivity contribution in [2.24, 2.45) is 0 Å². The Morgan fingerprint density at radius 1 is 1.35 bits per heavy atom. The molecule has 6 heteroatoms. The molecule has 0 aliphatic rings. The molecule has 0 amide bonds. The number of hydrogen-bond donors (Lipinski definition) is 2. The van der Waals surface area contributed by atoms with Crippen LogP contribution in [0.2, 0.25) is 0 Å². The molecule has 0 aliphatic carbocycles. The molecule has 5 nitrogen and oxygen atoms in total. The third-order valence-electron chi connectivity index (χ3n) is 2.82. The molecule has 0 radical (unpaired) electrons. The Morgan fingerprint density at radius 2 is 2.05 bits per heavy atom. The molecule has 0 atom stereocenters. The molecule has 1 aromatic carbocycles. The van der Waals surface area contributed by atoms with Gasteiger partial charge in [-0.2, -0.15) is 0 Å². The van der Waals surface area contributed by atoms with Crippen LogP contribution in [0, 0.1) is 12.7 Å². The quantitative estimate of drug-likeness (QED) is 0.875. The molecular formula is C14H14FN3O2. The van der Waals surface area contributed by atoms with Gasteiger partial charge in [0.1, 0.15) is 5.82 Å². The number of aromatic carboxylic acids is 1. The molecule has 104 valence electrons. The van der Waals surface area contributed by atoms with Crippen molar-refractivity contribution in [2.75, 3.05) is 11.9 Å². The summed E-state index contributed by atoms with van der Waals surface area (Å²) in [5.41, 5.74) is 1.50. The van der Waals surface area contributed by atoms with Crippen LogP contribution < -0.4 is 5.32 Å². The van der Waals surface area contributed by atoms with Crippen LogP contribution in [0.3, 0.4) is 0 Å². The van der Waals surface area contributed by atoms with Gasteiger partial charge >= 0.3 is 5.97 Å². The van der Waals surface area contributed by atoms with Gasteiger partial charge in [-0.05, 0) is 31.0 Å². The molecule has 2 N–H and O–H groups in total. The second-order valence-corrected chi connectivity index (χ2v) is 4.30. The molecule has 1 heterocycles. The van der Waals surface area contributed by atoms with Crippen LogP contribution in [0.5, 0.6) is 0 Å². The number of aromatic nitrogens is 2. The van der Waals surface area contributed by atoms with Gasteiger partial charge in [-0.1, -0.05) is 12.1 Å². The largest absolute Gasteiger partial charge is 0.478 e. The summed E-state index contributed by atoms with van der Waals surface area (Å²) in [6, 6.07) is 6.27. The summed E-state index contributed by atoms with van der Waals surface area (Å²) in [4.78, 5) is 18.8. The number of halogens is 1. The maximum Gasteiger partial charge on any atom is 0.339 e. The lowest BCUT2D eigenvalue weighted by Crippen LogP contribution is -2.11. The van der Waals surface area contributed by atoms with Crippen LogP contribution in [-0.2, 0) is 6.42 Å². The Labute approximate surface area is 115 Å². The van der Waals surface area contributed by atoms with Crippen molar-refractivity contribution in [3.63, 3.8) is 0 Å². The Balaban J connectivity index is 1.92. The van der Waals surface area contributed by atoms with Crippen LogP contribution in [0.15, 0.2) is 30.5 Å². The number of nitrogens with one attached hydrogen (secondary N) is 1. The van der Waals surface area contributed by atoms with Crippen molar-refractivity contribution in [2.45, 2.75) is 13.3 Å². The third-order valence-corrected chi connectivity index (χ3v) is 2.82. The summed E-state index contributed by atoms with van der Waals surface area (Å²) in [5, 5.41) is 11.9. The molecule has 1 aromatic heterocycles. The van der Waals surface area contributed by atoms with E-state index in [2.05, 4.69) is 15.3 Å². The molecule has 2 aromatic rings. The van der Waals surface area contributed by atoms with E-state index in [0.717, 1.165) is 5.56 Å². The Hall–Kier alpha value is -2.50. The zero-order valence-corrected chi connectivity index (χ0v) is 10.9. The van der Waals surface area contributed by atoms with E-state index < -0.39 is 5.97 Å². The molecule has 0 saturated carbocycles. The molecule has 2 rings (SSSR count). The van der Waals surface area contributed by atoms with Crippen LogP contribution >= 0.6 is 0 Å². The highest BCUT2D eigenvalue weighted by molar-refractivity contribution is 5.88. The first-order valence-electron chi connectivity index (χ1n) is 6.11. The zero-order valence-electron chi connectivity index (χ0n) is 10.9. The molecule has 0 bridgehead atoms. The number of carbonyl (C=O) groups is 1. The minimum atomic E-state index is -1.04. The number of anilines is 1. The first-order valence-corrected chi connectivity index (χ1v) is 6.11. The summed E-state index contributed by atoms with van der Waals surface area (Å²) >= 11 is 0. The number of aryl methyl sites for hydroxylation is 1. The fourth-order valence-electron chi connectivity index (χ4n) is 1.73. The highest BCUT2D eigenvalue weighted by Gasteiger charge is 2.09. The maximum absolute atomic E-state index is 12.7. The fraction of sp³-hybridized carbons (Fsp3) is 0.214. The predicted octanol–water partition coefficient (Wildman–Crippen LogP) is 2.28. The molecule has 20 heavy (non-hydrogen) atoms. The van der Waals surface area contributed by atoms with E-state index in [4.69, 9.17) is 5.11 Å². The van der Waals surface area contributed by atoms with Gasteiger partial charge in [0, 0.05) is 12.7 Å². The SMILES string of the molecule is Cc1nc(NCCc2ccc(F)cc2)ncc1C(=O)O. The van der Waals surface area contributed by atoms with Crippen molar-refractivity contribution in [3.05, 3.63) is 53.1 Å². The number of hydrogen-bond acceptors (Lipinski definition) is 4. The van der Waals surface area contributed by atoms with Gasteiger partial charge in [-0.25, -0.2) is 19.2 Å². The van der Waals surface area contributed by atoms with Gasteiger partial charge < -0.3 is 10.4 Å². The minimum Gasteiger partial charge on any atom is -0.478 e. The number of nitrogens with zero attached hydrogens (tertiary/aromatic N) is 2. The second kappa shape index (κ2) is 6.10. The van der Waals surface area contributed by atoms with Gasteiger partial charge in [0.15, 0.2) is 0 Å². The van der Waals surface area contributed by atoms with E-state index in [1.165, 1.54) is 18.3 Å². The molecular weight excluding hydrogens is 261 g/mol. The summed E-state index contributed by atoms with van der Waals surface area (Å²) in [6.45, 7) is 2.20. The van der Waals surface area contributed by atoms with Crippen LogP contribution in [-0.4, -0.2) is 27.6 Å². The van der Waals surface area contributed by atoms with E-state index in [1.54, 1.807) is 19.1 Å². The van der Waals surface area contributed by atoms with Crippen molar-refractivity contribution in [1.29, 1.82) is 0 Å². The number of benzene rings is 1. The highest BCUT2D eigenvalue weighted by atomic mass is 19.1. The molecule has 0 spiro atoms. The topological polar surface area (TPSA) is 75.1 Å². The lowest BCUT2D eigenvalue weighted by atomic mass is 10.1. The number of carboxylic acid groups (broad SMARTS) is 1. The van der Waals surface area contributed by atoms with E-state index in [0.29, 0.717) is 24.6 Å². The Bertz CT molecular complexity index is 614. The monoisotopic (exact) mass is 275 g/mol. The third kappa shape index (κ3) is 3.50. The zero-order chi connectivity index (χ0) is 14.5. The molecule has 0 saturated heterocycles. The molecule has 0 fully saturated rings. The Kier molecular flexibility index (Phi) is 4.24. The van der Waals surface area contributed by atoms with Gasteiger partial charge in [0.2, 0.25) is 5.95 Å². The number of rotatable bonds is 5. The van der Waals surface area contributed by atoms with Crippen molar-refractivity contribution < 1.29 is 14.3 Å². The fourth-order valence-corrected chi connectivity index (χ4v) is 1.73. The standard InChI is InChI=1S/C14H14FN3O2/c1-9-12(13(19)20)8-17-14(18-9)16-7-6-10-2-4-11(15)5-3-10/h2-5,8H,6-7H2,1H3,(H,19,20)(H,16,17,18). The van der Waals surface area contributed by atoms with Gasteiger partial charge in [0.25, 0.3) is 0 Å². The summed E-state index contributed by atoms with van der Waals surface area (Å²) in [6.07, 6.45) is 1.98. The van der Waals surface area contributed by atoms with Crippen molar-refractivity contribution >= 4 is 11.9 Å². The normalized spacial score (nSPS) is 10.3. The highest BCUT2D eigenvalue weighted by Crippen LogP contribution is 2.08. The van der Waals surface area contributed by atoms with Crippen molar-refractivity contribution in [3.8, 4) is 0 Å². The summed E-state index contributed by atoms with van der Waals surface area (Å²) in [7, 11) is 0. The molecule has 0 aliphatic heterocycles. The summed E-state index contributed by atoms with van der Waals surface area (Å²) in [5.74, 6) is -0.917. The van der Waals surface area contributed by atoms with Crippen molar-refractivity contribution in [1.82, 2.24) is 9.97 Å². The lowest BCUT2D eigenvalue weighted by molar-refractivity contribution is 0.0695. The average Bonchev–Trinajstić information content (AvgIpc) is 2.41. The van der Waals surface area contributed by atoms with E-state index >= 15 is 0 Å². The van der Waals surface area contributed by atoms with Crippen LogP contribution in [0.4, 0.5) is 10.3 Å². The van der Waals surface area contributed by atoms with Gasteiger partial charge in [0.05, 0.1) is 11.3 Å². The first kappa shape index (κ1) is 13.9. The maximum atomic E-state index is 12.7. The minimum absolute atomic E-state index is 0.0917. The Morgan fingerprint density at radius 3 is 2.65 bits per heavy atom. The van der Waals surface area contributed by atoms with Gasteiger partial charge in [-0.3, -0.25) is 0 Å². The second-order valence-electron chi connectivity index (χ2n) is 4.30. The predicted molar refractivity (Wildman–Crippen MR) is 72.3 cm³/mol. The van der Waals surface area contributed by atoms with E-state index in [9.17, 15) is 9.18 Å². The van der Waals surface area contributed by atoms with Crippen LogP contribution in [0.1, 0.15) is 21.6 Å². The van der Waals surface area contributed by atoms with E-state index in [1.807, 2.05) is 0 Å². The van der Waals surface area contributed by atoms with E-state index in [-0.39, 0.29) is 11.4 Å². The number of carboxylic acids is 1. The molecule has 0 unspecified atom stereocenters. The lowest BCUT2D eigenvalue weighted by Gasteiger charge is -2.06. The van der Waals surface area contributed by atoms with Gasteiger partial charge in [-0.15, -0.1) is 0 Å². The first-order chi connectivity index (χ1) is 9.56. The smallest absolute Gasteiger partial charge is 0.339 e. The summed E-state index contributed by atoms with van der Waals surface area (Å²) < 4.78 is 12.7. The average molecular weight is 275 g/mol.